The molecule has 1 aromatic carbocycles. The number of amides is 2. The topological polar surface area (TPSA) is 105 Å². The van der Waals surface area contributed by atoms with Crippen LogP contribution >= 0.6 is 0 Å². The van der Waals surface area contributed by atoms with Gasteiger partial charge in [0.1, 0.15) is 0 Å². The average molecular weight is 261 g/mol. The molecule has 2 amide bonds. The summed E-state index contributed by atoms with van der Waals surface area (Å²) in [6.45, 7) is 0. The predicted octanol–water partition coefficient (Wildman–Crippen LogP) is 1.22. The molecule has 1 saturated carbocycles. The minimum Gasteiger partial charge on any atom is -0.481 e. The molecule has 0 bridgehead atoms. The van der Waals surface area contributed by atoms with Gasteiger partial charge in [-0.15, -0.1) is 0 Å². The largest absolute Gasteiger partial charge is 0.481 e. The smallest absolute Gasteiger partial charge is 0.332 e. The summed E-state index contributed by atoms with van der Waals surface area (Å²) in [5, 5.41) is 13.4. The molecule has 0 aliphatic heterocycles. The molecule has 1 aliphatic carbocycles. The Balaban J connectivity index is 2.28. The van der Waals surface area contributed by atoms with E-state index in [4.69, 9.17) is 5.73 Å². The number of nitrogens with two attached hydrogens (primary N) is 1. The third-order valence-corrected chi connectivity index (χ3v) is 3.41. The van der Waals surface area contributed by atoms with Crippen LogP contribution in [0.2, 0.25) is 0 Å². The first-order valence-electron chi connectivity index (χ1n) is 5.94. The molecule has 1 atom stereocenters. The molecule has 6 nitrogen and oxygen atoms in total. The highest BCUT2D eigenvalue weighted by Gasteiger charge is 2.45. The maximum Gasteiger partial charge on any atom is 0.332 e. The van der Waals surface area contributed by atoms with Crippen LogP contribution in [0.15, 0.2) is 35.4 Å². The van der Waals surface area contributed by atoms with E-state index < -0.39 is 17.4 Å². The second-order valence-electron chi connectivity index (χ2n) is 4.58. The number of nitrogens with zero attached hydrogens (tertiary/aromatic N) is 1. The summed E-state index contributed by atoms with van der Waals surface area (Å²) in [4.78, 5) is 22.2. The van der Waals surface area contributed by atoms with Gasteiger partial charge in [-0.1, -0.05) is 30.3 Å². The van der Waals surface area contributed by atoms with E-state index >= 15 is 0 Å². The second-order valence-corrected chi connectivity index (χ2v) is 4.58. The molecule has 0 radical (unpaired) electrons. The predicted molar refractivity (Wildman–Crippen MR) is 69.8 cm³/mol. The second kappa shape index (κ2) is 5.09. The zero-order valence-corrected chi connectivity index (χ0v) is 10.3. The Bertz CT molecular complexity index is 527. The van der Waals surface area contributed by atoms with E-state index in [0.29, 0.717) is 18.6 Å². The number of benzene rings is 1. The van der Waals surface area contributed by atoms with Crippen LogP contribution in [0.4, 0.5) is 4.79 Å². The summed E-state index contributed by atoms with van der Waals surface area (Å²) in [7, 11) is 0. The summed E-state index contributed by atoms with van der Waals surface area (Å²) < 4.78 is 0. The number of carbonyl (C=O) groups is 2. The van der Waals surface area contributed by atoms with Crippen LogP contribution in [-0.4, -0.2) is 22.8 Å². The third-order valence-electron chi connectivity index (χ3n) is 3.41. The molecule has 1 unspecified atom stereocenters. The molecule has 0 aromatic heterocycles. The standard InChI is InChI=1S/C13H15N3O3/c14-12(19)16-15-10-6-7-13(8-10,11(17)18)9-4-2-1-3-5-9/h1-5H,6-8H2,(H,17,18)(H3,14,16,19)/b15-10-. The van der Waals surface area contributed by atoms with Gasteiger partial charge in [-0.2, -0.15) is 5.10 Å². The number of urea groups is 1. The summed E-state index contributed by atoms with van der Waals surface area (Å²) >= 11 is 0. The highest BCUT2D eigenvalue weighted by Crippen LogP contribution is 2.40. The number of hydrogen-bond acceptors (Lipinski definition) is 3. The van der Waals surface area contributed by atoms with Gasteiger partial charge in [0.2, 0.25) is 0 Å². The number of primary amides is 1. The normalized spacial score (nSPS) is 24.3. The fraction of sp³-hybridized carbons (Fsp3) is 0.308. The van der Waals surface area contributed by atoms with Crippen LogP contribution in [0.1, 0.15) is 24.8 Å². The summed E-state index contributed by atoms with van der Waals surface area (Å²) in [5.41, 5.74) is 7.53. The minimum absolute atomic E-state index is 0.284. The Hall–Kier alpha value is -2.37. The van der Waals surface area contributed by atoms with E-state index in [1.807, 2.05) is 18.2 Å². The van der Waals surface area contributed by atoms with Crippen molar-refractivity contribution in [2.45, 2.75) is 24.7 Å². The summed E-state index contributed by atoms with van der Waals surface area (Å²) in [6, 6.07) is 8.34. The molecule has 0 heterocycles. The molecular weight excluding hydrogens is 246 g/mol. The number of carboxylic acid groups (broad SMARTS) is 1. The highest BCUT2D eigenvalue weighted by atomic mass is 16.4. The van der Waals surface area contributed by atoms with Gasteiger partial charge in [-0.25, -0.2) is 10.2 Å². The molecule has 100 valence electrons. The number of hydrogen-bond donors (Lipinski definition) is 3. The maximum absolute atomic E-state index is 11.6. The van der Waals surface area contributed by atoms with E-state index in [1.165, 1.54) is 0 Å². The molecule has 4 N–H and O–H groups in total. The quantitative estimate of drug-likeness (QED) is 0.712. The summed E-state index contributed by atoms with van der Waals surface area (Å²) in [5.74, 6) is -0.872. The molecule has 1 aliphatic rings. The van der Waals surface area contributed by atoms with Crippen LogP contribution in [0.3, 0.4) is 0 Å². The van der Waals surface area contributed by atoms with Crippen molar-refractivity contribution in [3.8, 4) is 0 Å². The first-order valence-corrected chi connectivity index (χ1v) is 5.94. The number of nitrogens with one attached hydrogen (secondary N) is 1. The highest BCUT2D eigenvalue weighted by molar-refractivity contribution is 5.97. The zero-order valence-electron chi connectivity index (χ0n) is 10.3. The van der Waals surface area contributed by atoms with Gasteiger partial charge in [0.25, 0.3) is 0 Å². The van der Waals surface area contributed by atoms with E-state index in [-0.39, 0.29) is 6.42 Å². The van der Waals surface area contributed by atoms with Gasteiger partial charge in [0.15, 0.2) is 0 Å². The van der Waals surface area contributed by atoms with Gasteiger partial charge in [-0.3, -0.25) is 4.79 Å². The first-order chi connectivity index (χ1) is 9.04. The minimum atomic E-state index is -0.959. The zero-order chi connectivity index (χ0) is 13.9. The van der Waals surface area contributed by atoms with Crippen LogP contribution in [0, 0.1) is 0 Å². The molecule has 1 fully saturated rings. The van der Waals surface area contributed by atoms with Crippen molar-refractivity contribution in [2.24, 2.45) is 10.8 Å². The fourth-order valence-electron chi connectivity index (χ4n) is 2.42. The number of carboxylic acids is 1. The number of hydrazone groups is 1. The molecule has 0 spiro atoms. The van der Waals surface area contributed by atoms with Crippen molar-refractivity contribution in [1.82, 2.24) is 5.43 Å². The number of rotatable bonds is 3. The lowest BCUT2D eigenvalue weighted by Gasteiger charge is -2.23. The van der Waals surface area contributed by atoms with Crippen LogP contribution in [-0.2, 0) is 10.2 Å². The fourth-order valence-corrected chi connectivity index (χ4v) is 2.42. The van der Waals surface area contributed by atoms with Gasteiger partial charge in [0, 0.05) is 12.1 Å². The number of carbonyl (C=O) groups excluding carboxylic acids is 1. The van der Waals surface area contributed by atoms with E-state index in [9.17, 15) is 14.7 Å². The van der Waals surface area contributed by atoms with Gasteiger partial charge in [0.05, 0.1) is 5.41 Å². The van der Waals surface area contributed by atoms with Gasteiger partial charge < -0.3 is 10.8 Å². The Morgan fingerprint density at radius 3 is 2.58 bits per heavy atom. The van der Waals surface area contributed by atoms with Gasteiger partial charge >= 0.3 is 12.0 Å². The van der Waals surface area contributed by atoms with E-state index in [0.717, 1.165) is 5.56 Å². The van der Waals surface area contributed by atoms with Crippen molar-refractivity contribution >= 4 is 17.7 Å². The Kier molecular flexibility index (Phi) is 3.50. The molecule has 1 aromatic rings. The Morgan fingerprint density at radius 1 is 1.32 bits per heavy atom. The maximum atomic E-state index is 11.6. The lowest BCUT2D eigenvalue weighted by molar-refractivity contribution is -0.143. The van der Waals surface area contributed by atoms with E-state index in [1.54, 1.807) is 12.1 Å². The summed E-state index contributed by atoms with van der Waals surface area (Å²) in [6.07, 6.45) is 1.28. The Morgan fingerprint density at radius 2 is 2.00 bits per heavy atom. The van der Waals surface area contributed by atoms with Crippen LogP contribution < -0.4 is 11.2 Å². The van der Waals surface area contributed by atoms with Crippen molar-refractivity contribution in [1.29, 1.82) is 0 Å². The SMILES string of the molecule is NC(=O)N/N=C1/CCC(C(=O)O)(c2ccccc2)C1. The van der Waals surface area contributed by atoms with Crippen molar-refractivity contribution in [2.75, 3.05) is 0 Å². The van der Waals surface area contributed by atoms with Crippen molar-refractivity contribution in [3.63, 3.8) is 0 Å². The first kappa shape index (κ1) is 13.1. The average Bonchev–Trinajstić information content (AvgIpc) is 2.83. The van der Waals surface area contributed by atoms with Gasteiger partial charge in [-0.05, 0) is 18.4 Å². The molecule has 6 heteroatoms. The Labute approximate surface area is 110 Å². The monoisotopic (exact) mass is 261 g/mol. The van der Waals surface area contributed by atoms with E-state index in [2.05, 4.69) is 10.5 Å². The van der Waals surface area contributed by atoms with Crippen LogP contribution in [0.5, 0.6) is 0 Å². The van der Waals surface area contributed by atoms with Crippen LogP contribution in [0.25, 0.3) is 0 Å². The molecule has 0 saturated heterocycles. The lowest BCUT2D eigenvalue weighted by Crippen LogP contribution is -2.33. The molecule has 2 rings (SSSR count). The van der Waals surface area contributed by atoms with Crippen molar-refractivity contribution < 1.29 is 14.7 Å². The third kappa shape index (κ3) is 2.57. The lowest BCUT2D eigenvalue weighted by atomic mass is 9.79. The molecular formula is C13H15N3O3. The van der Waals surface area contributed by atoms with Crippen molar-refractivity contribution in [3.05, 3.63) is 35.9 Å². The number of aliphatic carboxylic acids is 1. The molecule has 19 heavy (non-hydrogen) atoms.